The van der Waals surface area contributed by atoms with Crippen LogP contribution in [0.4, 0.5) is 0 Å². The van der Waals surface area contributed by atoms with Crippen LogP contribution in [0.5, 0.6) is 0 Å². The van der Waals surface area contributed by atoms with Crippen LogP contribution >= 0.6 is 0 Å². The first-order valence-electron chi connectivity index (χ1n) is 5.69. The molecule has 0 bridgehead atoms. The summed E-state index contributed by atoms with van der Waals surface area (Å²) in [5.41, 5.74) is 0. The summed E-state index contributed by atoms with van der Waals surface area (Å²) < 4.78 is 0. The lowest BCUT2D eigenvalue weighted by molar-refractivity contribution is 0.277. The van der Waals surface area contributed by atoms with Gasteiger partial charge in [-0.3, -0.25) is 0 Å². The third-order valence-electron chi connectivity index (χ3n) is 2.70. The molecule has 1 nitrogen and oxygen atoms in total. The van der Waals surface area contributed by atoms with Gasteiger partial charge < -0.3 is 5.32 Å². The van der Waals surface area contributed by atoms with Crippen LogP contribution < -0.4 is 5.32 Å². The minimum Gasteiger partial charge on any atom is -0.315 e. The van der Waals surface area contributed by atoms with Gasteiger partial charge in [0.25, 0.3) is 0 Å². The second-order valence-electron chi connectivity index (χ2n) is 4.53. The van der Waals surface area contributed by atoms with E-state index in [9.17, 15) is 0 Å². The van der Waals surface area contributed by atoms with Gasteiger partial charge in [0.1, 0.15) is 0 Å². The minimum absolute atomic E-state index is 0.764. The van der Waals surface area contributed by atoms with Gasteiger partial charge in [-0.1, -0.05) is 27.7 Å². The quantitative estimate of drug-likeness (QED) is 0.507. The number of hydrogen-bond acceptors (Lipinski definition) is 1. The SMILES string of the molecule is CC#CCCNCC(C(C)C)C(C)C. The maximum atomic E-state index is 3.48. The molecule has 82 valence electrons. The van der Waals surface area contributed by atoms with E-state index in [-0.39, 0.29) is 0 Å². The molecule has 0 aliphatic heterocycles. The molecule has 0 amide bonds. The lowest BCUT2D eigenvalue weighted by atomic mass is 9.85. The molecule has 1 heteroatoms. The minimum atomic E-state index is 0.764. The zero-order valence-electron chi connectivity index (χ0n) is 10.4. The van der Waals surface area contributed by atoms with Gasteiger partial charge in [0.2, 0.25) is 0 Å². The van der Waals surface area contributed by atoms with Crippen molar-refractivity contribution in [3.05, 3.63) is 0 Å². The number of hydrogen-bond donors (Lipinski definition) is 1. The van der Waals surface area contributed by atoms with E-state index in [4.69, 9.17) is 0 Å². The van der Waals surface area contributed by atoms with Crippen molar-refractivity contribution >= 4 is 0 Å². The van der Waals surface area contributed by atoms with Gasteiger partial charge in [-0.05, 0) is 31.2 Å². The molecule has 0 aliphatic carbocycles. The van der Waals surface area contributed by atoms with Crippen molar-refractivity contribution in [2.75, 3.05) is 13.1 Å². The van der Waals surface area contributed by atoms with E-state index in [1.54, 1.807) is 0 Å². The lowest BCUT2D eigenvalue weighted by Gasteiger charge is -2.24. The molecular formula is C13H25N. The largest absolute Gasteiger partial charge is 0.315 e. The molecule has 0 rings (SSSR count). The Bertz CT molecular complexity index is 175. The maximum absolute atomic E-state index is 3.48. The van der Waals surface area contributed by atoms with Gasteiger partial charge in [0, 0.05) is 13.0 Å². The van der Waals surface area contributed by atoms with Crippen LogP contribution in [0.15, 0.2) is 0 Å². The van der Waals surface area contributed by atoms with E-state index in [1.165, 1.54) is 0 Å². The second kappa shape index (κ2) is 7.88. The number of rotatable bonds is 6. The molecule has 0 aliphatic rings. The van der Waals surface area contributed by atoms with Gasteiger partial charge in [0.15, 0.2) is 0 Å². The van der Waals surface area contributed by atoms with Gasteiger partial charge in [0.05, 0.1) is 0 Å². The molecule has 0 fully saturated rings. The third-order valence-corrected chi connectivity index (χ3v) is 2.70. The molecule has 0 spiro atoms. The van der Waals surface area contributed by atoms with Crippen molar-refractivity contribution in [2.45, 2.75) is 41.0 Å². The smallest absolute Gasteiger partial charge is 0.0214 e. The first-order valence-corrected chi connectivity index (χ1v) is 5.69. The van der Waals surface area contributed by atoms with Crippen LogP contribution in [0.3, 0.4) is 0 Å². The van der Waals surface area contributed by atoms with Crippen LogP contribution in [0, 0.1) is 29.6 Å². The molecule has 0 aromatic heterocycles. The summed E-state index contributed by atoms with van der Waals surface area (Å²) in [6.45, 7) is 13.3. The molecule has 0 heterocycles. The van der Waals surface area contributed by atoms with Crippen molar-refractivity contribution in [1.29, 1.82) is 0 Å². The standard InChI is InChI=1S/C13H25N/c1-6-7-8-9-14-10-13(11(2)3)12(4)5/h11-14H,8-10H2,1-5H3. The summed E-state index contributed by atoms with van der Waals surface area (Å²) in [4.78, 5) is 0. The van der Waals surface area contributed by atoms with Gasteiger partial charge in [-0.25, -0.2) is 0 Å². The van der Waals surface area contributed by atoms with E-state index in [0.717, 1.165) is 37.3 Å². The summed E-state index contributed by atoms with van der Waals surface area (Å²) in [6, 6.07) is 0. The van der Waals surface area contributed by atoms with Gasteiger partial charge in [-0.2, -0.15) is 0 Å². The Balaban J connectivity index is 3.65. The fourth-order valence-corrected chi connectivity index (χ4v) is 1.79. The number of nitrogens with one attached hydrogen (secondary N) is 1. The van der Waals surface area contributed by atoms with Crippen molar-refractivity contribution in [1.82, 2.24) is 5.32 Å². The first kappa shape index (κ1) is 13.5. The van der Waals surface area contributed by atoms with Crippen LogP contribution in [0.1, 0.15) is 41.0 Å². The predicted octanol–water partition coefficient (Wildman–Crippen LogP) is 2.92. The first-order chi connectivity index (χ1) is 6.59. The fourth-order valence-electron chi connectivity index (χ4n) is 1.79. The molecule has 0 aromatic carbocycles. The Hall–Kier alpha value is -0.480. The topological polar surface area (TPSA) is 12.0 Å². The normalized spacial score (nSPS) is 10.9. The summed E-state index contributed by atoms with van der Waals surface area (Å²) >= 11 is 0. The Kier molecular flexibility index (Phi) is 7.61. The van der Waals surface area contributed by atoms with Crippen molar-refractivity contribution in [3.63, 3.8) is 0 Å². The monoisotopic (exact) mass is 195 g/mol. The Morgan fingerprint density at radius 3 is 2.07 bits per heavy atom. The van der Waals surface area contributed by atoms with Gasteiger partial charge >= 0.3 is 0 Å². The summed E-state index contributed by atoms with van der Waals surface area (Å²) in [6.07, 6.45) is 0.972. The molecule has 1 N–H and O–H groups in total. The maximum Gasteiger partial charge on any atom is 0.0214 e. The molecule has 0 aromatic rings. The lowest BCUT2D eigenvalue weighted by Crippen LogP contribution is -2.30. The zero-order chi connectivity index (χ0) is 11.0. The average Bonchev–Trinajstić information content (AvgIpc) is 2.09. The molecule has 0 atom stereocenters. The van der Waals surface area contributed by atoms with E-state index in [1.807, 2.05) is 6.92 Å². The average molecular weight is 195 g/mol. The molecule has 0 saturated heterocycles. The molecule has 0 radical (unpaired) electrons. The highest BCUT2D eigenvalue weighted by Gasteiger charge is 2.16. The fraction of sp³-hybridized carbons (Fsp3) is 0.846. The second-order valence-corrected chi connectivity index (χ2v) is 4.53. The third kappa shape index (κ3) is 6.05. The van der Waals surface area contributed by atoms with E-state index >= 15 is 0 Å². The van der Waals surface area contributed by atoms with Crippen molar-refractivity contribution in [3.8, 4) is 11.8 Å². The summed E-state index contributed by atoms with van der Waals surface area (Å²) in [5, 5.41) is 3.48. The van der Waals surface area contributed by atoms with E-state index < -0.39 is 0 Å². The van der Waals surface area contributed by atoms with Crippen molar-refractivity contribution < 1.29 is 0 Å². The Labute approximate surface area is 89.7 Å². The molecule has 0 unspecified atom stereocenters. The summed E-state index contributed by atoms with van der Waals surface area (Å²) in [7, 11) is 0. The predicted molar refractivity (Wildman–Crippen MR) is 64.1 cm³/mol. The molecular weight excluding hydrogens is 170 g/mol. The highest BCUT2D eigenvalue weighted by molar-refractivity contribution is 4.95. The Morgan fingerprint density at radius 1 is 1.07 bits per heavy atom. The van der Waals surface area contributed by atoms with Gasteiger partial charge in [-0.15, -0.1) is 11.8 Å². The zero-order valence-corrected chi connectivity index (χ0v) is 10.4. The molecule has 14 heavy (non-hydrogen) atoms. The van der Waals surface area contributed by atoms with Crippen LogP contribution in [0.25, 0.3) is 0 Å². The van der Waals surface area contributed by atoms with Crippen LogP contribution in [-0.2, 0) is 0 Å². The Morgan fingerprint density at radius 2 is 1.64 bits per heavy atom. The van der Waals surface area contributed by atoms with E-state index in [2.05, 4.69) is 44.9 Å². The van der Waals surface area contributed by atoms with Crippen LogP contribution in [-0.4, -0.2) is 13.1 Å². The van der Waals surface area contributed by atoms with Crippen LogP contribution in [0.2, 0.25) is 0 Å². The highest BCUT2D eigenvalue weighted by atomic mass is 14.9. The van der Waals surface area contributed by atoms with E-state index in [0.29, 0.717) is 0 Å². The van der Waals surface area contributed by atoms with Crippen molar-refractivity contribution in [2.24, 2.45) is 17.8 Å². The summed E-state index contributed by atoms with van der Waals surface area (Å²) in [5.74, 6) is 8.29. The molecule has 0 saturated carbocycles. The highest BCUT2D eigenvalue weighted by Crippen LogP contribution is 2.19.